The van der Waals surface area contributed by atoms with Crippen molar-refractivity contribution >= 4 is 17.9 Å². The van der Waals surface area contributed by atoms with Crippen LogP contribution in [0.15, 0.2) is 24.5 Å². The fourth-order valence-corrected chi connectivity index (χ4v) is 1.51. The molecule has 3 N–H and O–H groups in total. The van der Waals surface area contributed by atoms with Crippen molar-refractivity contribution in [1.29, 1.82) is 0 Å². The molecule has 1 aromatic heterocycles. The molecule has 0 spiro atoms. The normalized spacial score (nSPS) is 10.6. The van der Waals surface area contributed by atoms with Gasteiger partial charge in [0.05, 0.1) is 12.1 Å². The highest BCUT2D eigenvalue weighted by Gasteiger charge is 2.16. The molecule has 8 heteroatoms. The highest BCUT2D eigenvalue weighted by atomic mass is 16.6. The van der Waals surface area contributed by atoms with Crippen LogP contribution in [-0.4, -0.2) is 48.1 Å². The average Bonchev–Trinajstić information content (AvgIpc) is 2.48. The molecule has 126 valence electrons. The second-order valence-corrected chi connectivity index (χ2v) is 5.70. The van der Waals surface area contributed by atoms with Crippen molar-refractivity contribution in [3.63, 3.8) is 0 Å². The van der Waals surface area contributed by atoms with Gasteiger partial charge in [-0.15, -0.1) is 0 Å². The lowest BCUT2D eigenvalue weighted by molar-refractivity contribution is -0.120. The summed E-state index contributed by atoms with van der Waals surface area (Å²) in [5, 5.41) is 7.56. The number of aromatic nitrogens is 1. The van der Waals surface area contributed by atoms with E-state index in [2.05, 4.69) is 20.9 Å². The smallest absolute Gasteiger partial charge is 0.408 e. The van der Waals surface area contributed by atoms with Gasteiger partial charge in [-0.3, -0.25) is 14.6 Å². The molecule has 3 amide bonds. The number of amides is 3. The van der Waals surface area contributed by atoms with Crippen LogP contribution in [0.5, 0.6) is 0 Å². The fraction of sp³-hybridized carbons (Fsp3) is 0.467. The van der Waals surface area contributed by atoms with Crippen LogP contribution in [0.25, 0.3) is 0 Å². The average molecular weight is 322 g/mol. The Balaban J connectivity index is 2.15. The van der Waals surface area contributed by atoms with Crippen molar-refractivity contribution in [1.82, 2.24) is 20.9 Å². The zero-order valence-corrected chi connectivity index (χ0v) is 13.5. The van der Waals surface area contributed by atoms with Crippen molar-refractivity contribution in [3.8, 4) is 0 Å². The summed E-state index contributed by atoms with van der Waals surface area (Å²) >= 11 is 0. The number of pyridine rings is 1. The Bertz CT molecular complexity index is 540. The van der Waals surface area contributed by atoms with Crippen LogP contribution in [0.3, 0.4) is 0 Å². The molecule has 0 aliphatic carbocycles. The summed E-state index contributed by atoms with van der Waals surface area (Å²) in [6.07, 6.45) is 2.38. The molecule has 0 radical (unpaired) electrons. The topological polar surface area (TPSA) is 109 Å². The highest BCUT2D eigenvalue weighted by Crippen LogP contribution is 2.05. The third-order valence-electron chi connectivity index (χ3n) is 2.45. The van der Waals surface area contributed by atoms with Gasteiger partial charge in [-0.1, -0.05) is 0 Å². The lowest BCUT2D eigenvalue weighted by atomic mass is 10.2. The van der Waals surface area contributed by atoms with Gasteiger partial charge in [0, 0.05) is 25.5 Å². The number of hydrogen-bond acceptors (Lipinski definition) is 5. The summed E-state index contributed by atoms with van der Waals surface area (Å²) in [5.74, 6) is -0.634. The summed E-state index contributed by atoms with van der Waals surface area (Å²) in [6, 6.07) is 3.31. The molecule has 0 saturated heterocycles. The lowest BCUT2D eigenvalue weighted by Crippen LogP contribution is -2.42. The summed E-state index contributed by atoms with van der Waals surface area (Å²) in [4.78, 5) is 38.4. The Morgan fingerprint density at radius 1 is 1.13 bits per heavy atom. The van der Waals surface area contributed by atoms with E-state index >= 15 is 0 Å². The summed E-state index contributed by atoms with van der Waals surface area (Å²) in [6.45, 7) is 5.53. The predicted octanol–water partition coefficient (Wildman–Crippen LogP) is 0.452. The van der Waals surface area contributed by atoms with E-state index in [-0.39, 0.29) is 31.4 Å². The monoisotopic (exact) mass is 322 g/mol. The molecule has 0 atom stereocenters. The van der Waals surface area contributed by atoms with Crippen molar-refractivity contribution in [2.45, 2.75) is 26.4 Å². The molecule has 0 aromatic carbocycles. The zero-order valence-electron chi connectivity index (χ0n) is 13.5. The second-order valence-electron chi connectivity index (χ2n) is 5.70. The van der Waals surface area contributed by atoms with Gasteiger partial charge in [0.1, 0.15) is 5.60 Å². The zero-order chi connectivity index (χ0) is 17.3. The van der Waals surface area contributed by atoms with Gasteiger partial charge in [0.2, 0.25) is 5.91 Å². The Hall–Kier alpha value is -2.64. The van der Waals surface area contributed by atoms with Crippen LogP contribution < -0.4 is 16.0 Å². The van der Waals surface area contributed by atoms with Gasteiger partial charge in [-0.05, 0) is 32.9 Å². The minimum absolute atomic E-state index is 0.189. The molecule has 23 heavy (non-hydrogen) atoms. The Labute approximate surface area is 135 Å². The highest BCUT2D eigenvalue weighted by molar-refractivity contribution is 5.93. The summed E-state index contributed by atoms with van der Waals surface area (Å²) in [5.41, 5.74) is -0.164. The Morgan fingerprint density at radius 2 is 1.83 bits per heavy atom. The first-order valence-electron chi connectivity index (χ1n) is 7.20. The van der Waals surface area contributed by atoms with Crippen LogP contribution in [0, 0.1) is 0 Å². The number of rotatable bonds is 6. The molecule has 0 aliphatic rings. The van der Waals surface area contributed by atoms with Gasteiger partial charge in [-0.25, -0.2) is 4.79 Å². The van der Waals surface area contributed by atoms with E-state index in [1.807, 2.05) is 0 Å². The molecule has 0 fully saturated rings. The fourth-order valence-electron chi connectivity index (χ4n) is 1.51. The maximum absolute atomic E-state index is 11.7. The maximum Gasteiger partial charge on any atom is 0.408 e. The van der Waals surface area contributed by atoms with Gasteiger partial charge in [0.25, 0.3) is 5.91 Å². The van der Waals surface area contributed by atoms with Gasteiger partial charge >= 0.3 is 6.09 Å². The molecule has 0 saturated carbocycles. The number of alkyl carbamates (subject to hydrolysis) is 1. The summed E-state index contributed by atoms with van der Waals surface area (Å²) < 4.78 is 5.00. The number of hydrogen-bond donors (Lipinski definition) is 3. The third kappa shape index (κ3) is 8.40. The number of ether oxygens (including phenoxy) is 1. The van der Waals surface area contributed by atoms with E-state index in [1.54, 1.807) is 39.1 Å². The molecular weight excluding hydrogens is 300 g/mol. The lowest BCUT2D eigenvalue weighted by Gasteiger charge is -2.19. The predicted molar refractivity (Wildman–Crippen MR) is 83.8 cm³/mol. The molecule has 8 nitrogen and oxygen atoms in total. The summed E-state index contributed by atoms with van der Waals surface area (Å²) in [7, 11) is 0. The first kappa shape index (κ1) is 18.4. The molecule has 1 heterocycles. The van der Waals surface area contributed by atoms with Crippen LogP contribution in [0.2, 0.25) is 0 Å². The van der Waals surface area contributed by atoms with E-state index in [0.717, 1.165) is 0 Å². The van der Waals surface area contributed by atoms with Gasteiger partial charge in [0.15, 0.2) is 0 Å². The minimum atomic E-state index is -0.655. The third-order valence-corrected chi connectivity index (χ3v) is 2.45. The minimum Gasteiger partial charge on any atom is -0.444 e. The van der Waals surface area contributed by atoms with Crippen LogP contribution in [0.1, 0.15) is 31.1 Å². The maximum atomic E-state index is 11.7. The number of carbonyl (C=O) groups is 3. The molecular formula is C15H22N4O4. The number of nitrogens with one attached hydrogen (secondary N) is 3. The second kappa shape index (κ2) is 8.72. The van der Waals surface area contributed by atoms with Crippen molar-refractivity contribution < 1.29 is 19.1 Å². The van der Waals surface area contributed by atoms with Gasteiger partial charge in [-0.2, -0.15) is 0 Å². The van der Waals surface area contributed by atoms with E-state index in [0.29, 0.717) is 5.56 Å². The number of carbonyl (C=O) groups excluding carboxylic acids is 3. The van der Waals surface area contributed by atoms with Gasteiger partial charge < -0.3 is 20.7 Å². The van der Waals surface area contributed by atoms with Crippen LogP contribution >= 0.6 is 0 Å². The SMILES string of the molecule is CC(C)(C)OC(=O)NCC(=O)NCCNC(=O)c1cccnc1. The van der Waals surface area contributed by atoms with E-state index in [1.165, 1.54) is 6.20 Å². The molecule has 1 rings (SSSR count). The Morgan fingerprint density at radius 3 is 2.43 bits per heavy atom. The van der Waals surface area contributed by atoms with E-state index in [9.17, 15) is 14.4 Å². The van der Waals surface area contributed by atoms with Crippen molar-refractivity contribution in [3.05, 3.63) is 30.1 Å². The van der Waals surface area contributed by atoms with E-state index < -0.39 is 11.7 Å². The van der Waals surface area contributed by atoms with Crippen LogP contribution in [0.4, 0.5) is 4.79 Å². The number of nitrogens with zero attached hydrogens (tertiary/aromatic N) is 1. The van der Waals surface area contributed by atoms with Crippen molar-refractivity contribution in [2.75, 3.05) is 19.6 Å². The largest absolute Gasteiger partial charge is 0.444 e. The quantitative estimate of drug-likeness (QED) is 0.659. The van der Waals surface area contributed by atoms with Crippen molar-refractivity contribution in [2.24, 2.45) is 0 Å². The van der Waals surface area contributed by atoms with E-state index in [4.69, 9.17) is 4.74 Å². The Kier molecular flexibility index (Phi) is 6.98. The molecule has 0 unspecified atom stereocenters. The first-order valence-corrected chi connectivity index (χ1v) is 7.20. The first-order chi connectivity index (χ1) is 10.8. The molecule has 0 bridgehead atoms. The molecule has 1 aromatic rings. The van der Waals surface area contributed by atoms with Crippen LogP contribution in [-0.2, 0) is 9.53 Å². The molecule has 0 aliphatic heterocycles. The standard InChI is InChI=1S/C15H22N4O4/c1-15(2,3)23-14(22)19-10-12(20)17-7-8-18-13(21)11-5-4-6-16-9-11/h4-6,9H,7-8,10H2,1-3H3,(H,17,20)(H,18,21)(H,19,22).